The first-order valence-corrected chi connectivity index (χ1v) is 11.1. The summed E-state index contributed by atoms with van der Waals surface area (Å²) in [5.74, 6) is -3.21. The highest BCUT2D eigenvalue weighted by molar-refractivity contribution is 6.11. The van der Waals surface area contributed by atoms with Crippen LogP contribution in [0.5, 0.6) is 0 Å². The van der Waals surface area contributed by atoms with Gasteiger partial charge >= 0.3 is 11.9 Å². The minimum Gasteiger partial charge on any atom is -0.478 e. The molecule has 190 valence electrons. The fourth-order valence-corrected chi connectivity index (χ4v) is 3.61. The number of methoxy groups -OCH3 is 1. The average molecular weight is 503 g/mol. The van der Waals surface area contributed by atoms with Crippen LogP contribution in [0.25, 0.3) is 11.1 Å². The first kappa shape index (κ1) is 26.6. The van der Waals surface area contributed by atoms with Crippen molar-refractivity contribution in [1.82, 2.24) is 5.32 Å². The van der Waals surface area contributed by atoms with E-state index in [-0.39, 0.29) is 28.1 Å². The zero-order valence-electron chi connectivity index (χ0n) is 20.4. The highest BCUT2D eigenvalue weighted by Crippen LogP contribution is 2.29. The summed E-state index contributed by atoms with van der Waals surface area (Å²) in [6.45, 7) is 2.93. The molecule has 3 aromatic carbocycles. The number of amidine groups is 1. The Bertz CT molecular complexity index is 1400. The van der Waals surface area contributed by atoms with Crippen LogP contribution >= 0.6 is 0 Å². The third kappa shape index (κ3) is 5.99. The summed E-state index contributed by atoms with van der Waals surface area (Å²) in [7, 11) is 1.20. The molecule has 3 rings (SSSR count). The number of carboxylic acid groups (broad SMARTS) is 1. The predicted molar refractivity (Wildman–Crippen MR) is 138 cm³/mol. The Kier molecular flexibility index (Phi) is 7.72. The molecule has 0 unspecified atom stereocenters. The molecule has 0 aromatic heterocycles. The number of carbonyl (C=O) groups is 4. The summed E-state index contributed by atoms with van der Waals surface area (Å²) in [6, 6.07) is 16.9. The van der Waals surface area contributed by atoms with E-state index < -0.39 is 29.3 Å². The van der Waals surface area contributed by atoms with Crippen LogP contribution in [-0.4, -0.2) is 47.3 Å². The number of carboxylic acids is 1. The van der Waals surface area contributed by atoms with Gasteiger partial charge in [0.25, 0.3) is 11.8 Å². The highest BCUT2D eigenvalue weighted by atomic mass is 16.5. The molecule has 0 spiro atoms. The van der Waals surface area contributed by atoms with Gasteiger partial charge in [0.15, 0.2) is 0 Å². The summed E-state index contributed by atoms with van der Waals surface area (Å²) in [6.07, 6.45) is 0. The van der Waals surface area contributed by atoms with Gasteiger partial charge in [0.05, 0.1) is 12.7 Å². The van der Waals surface area contributed by atoms with Gasteiger partial charge < -0.3 is 26.2 Å². The number of rotatable bonds is 8. The summed E-state index contributed by atoms with van der Waals surface area (Å²) in [5, 5.41) is 22.6. The molecule has 10 heteroatoms. The van der Waals surface area contributed by atoms with Crippen LogP contribution in [0, 0.1) is 5.41 Å². The van der Waals surface area contributed by atoms with Crippen molar-refractivity contribution in [1.29, 1.82) is 5.41 Å². The largest absolute Gasteiger partial charge is 0.478 e. The Labute approximate surface area is 213 Å². The van der Waals surface area contributed by atoms with Crippen molar-refractivity contribution in [3.63, 3.8) is 0 Å². The highest BCUT2D eigenvalue weighted by Gasteiger charge is 2.31. The number of nitrogens with one attached hydrogen (secondary N) is 3. The molecule has 0 aliphatic rings. The van der Waals surface area contributed by atoms with E-state index in [1.807, 2.05) is 0 Å². The van der Waals surface area contributed by atoms with E-state index in [4.69, 9.17) is 11.1 Å². The smallest absolute Gasteiger partial charge is 0.336 e. The molecule has 0 saturated carbocycles. The summed E-state index contributed by atoms with van der Waals surface area (Å²) < 4.78 is 4.68. The topological polar surface area (TPSA) is 172 Å². The maximum Gasteiger partial charge on any atom is 0.336 e. The van der Waals surface area contributed by atoms with Gasteiger partial charge in [0.1, 0.15) is 11.4 Å². The molecule has 0 saturated heterocycles. The van der Waals surface area contributed by atoms with E-state index in [9.17, 15) is 24.3 Å². The second kappa shape index (κ2) is 10.7. The van der Waals surface area contributed by atoms with Crippen molar-refractivity contribution >= 4 is 35.3 Å². The number of aromatic carboxylic acids is 1. The molecule has 2 amide bonds. The molecule has 10 nitrogen and oxygen atoms in total. The average Bonchev–Trinajstić information content (AvgIpc) is 2.87. The van der Waals surface area contributed by atoms with Gasteiger partial charge in [-0.3, -0.25) is 15.0 Å². The fraction of sp³-hybridized carbons (Fsp3) is 0.148. The number of amides is 2. The van der Waals surface area contributed by atoms with Crippen LogP contribution < -0.4 is 16.4 Å². The van der Waals surface area contributed by atoms with Crippen molar-refractivity contribution in [2.24, 2.45) is 5.73 Å². The number of nitrogen functional groups attached to an aromatic ring is 1. The van der Waals surface area contributed by atoms with E-state index >= 15 is 0 Å². The summed E-state index contributed by atoms with van der Waals surface area (Å²) in [4.78, 5) is 49.9. The number of carbonyl (C=O) groups excluding carboxylic acids is 3. The molecule has 0 fully saturated rings. The van der Waals surface area contributed by atoms with Gasteiger partial charge in [-0.1, -0.05) is 24.3 Å². The number of hydrogen-bond donors (Lipinski definition) is 5. The quantitative estimate of drug-likeness (QED) is 0.179. The molecule has 0 bridgehead atoms. The van der Waals surface area contributed by atoms with Crippen LogP contribution in [-0.2, 0) is 9.53 Å². The van der Waals surface area contributed by atoms with Crippen LogP contribution in [0.15, 0.2) is 66.7 Å². The third-order valence-electron chi connectivity index (χ3n) is 5.55. The number of ether oxygens (including phenoxy) is 1. The molecule has 37 heavy (non-hydrogen) atoms. The Hall–Kier alpha value is -4.99. The Morgan fingerprint density at radius 2 is 1.46 bits per heavy atom. The molecule has 0 radical (unpaired) electrons. The van der Waals surface area contributed by atoms with E-state index in [1.165, 1.54) is 39.2 Å². The minimum absolute atomic E-state index is 0.0191. The molecule has 0 aliphatic heterocycles. The van der Waals surface area contributed by atoms with Crippen LogP contribution in [0.4, 0.5) is 5.69 Å². The molecular formula is C27H26N4O6. The lowest BCUT2D eigenvalue weighted by Gasteiger charge is -2.23. The van der Waals surface area contributed by atoms with Crippen LogP contribution in [0.1, 0.15) is 50.5 Å². The van der Waals surface area contributed by atoms with Gasteiger partial charge in [-0.25, -0.2) is 9.59 Å². The summed E-state index contributed by atoms with van der Waals surface area (Å²) >= 11 is 0. The van der Waals surface area contributed by atoms with Gasteiger partial charge in [-0.15, -0.1) is 0 Å². The van der Waals surface area contributed by atoms with E-state index in [2.05, 4.69) is 15.4 Å². The van der Waals surface area contributed by atoms with Gasteiger partial charge in [-0.2, -0.15) is 0 Å². The lowest BCUT2D eigenvalue weighted by Crippen LogP contribution is -2.50. The SMILES string of the molecule is COC(=O)C(C)(C)NC(=O)c1ccc(-c2ccccc2C(=O)Nc2ccc(C(=N)N)cc2)c(C(=O)O)c1. The second-order valence-corrected chi connectivity index (χ2v) is 8.63. The van der Waals surface area contributed by atoms with E-state index in [0.717, 1.165) is 0 Å². The number of anilines is 1. The second-order valence-electron chi connectivity index (χ2n) is 8.63. The van der Waals surface area contributed by atoms with Gasteiger partial charge in [0, 0.05) is 22.4 Å². The van der Waals surface area contributed by atoms with Crippen molar-refractivity contribution in [3.8, 4) is 11.1 Å². The maximum atomic E-state index is 13.1. The molecule has 0 atom stereocenters. The number of esters is 1. The van der Waals surface area contributed by atoms with Crippen molar-refractivity contribution in [3.05, 3.63) is 89.0 Å². The summed E-state index contributed by atoms with van der Waals surface area (Å²) in [5.41, 5.74) is 5.70. The zero-order chi connectivity index (χ0) is 27.3. The number of hydrogen-bond acceptors (Lipinski definition) is 6. The van der Waals surface area contributed by atoms with Crippen LogP contribution in [0.3, 0.4) is 0 Å². The number of nitrogens with two attached hydrogens (primary N) is 1. The Morgan fingerprint density at radius 3 is 2.05 bits per heavy atom. The fourth-order valence-electron chi connectivity index (χ4n) is 3.61. The molecule has 3 aromatic rings. The van der Waals surface area contributed by atoms with Gasteiger partial charge in [-0.05, 0) is 67.4 Å². The van der Waals surface area contributed by atoms with Crippen LogP contribution in [0.2, 0.25) is 0 Å². The molecule has 0 heterocycles. The maximum absolute atomic E-state index is 13.1. The van der Waals surface area contributed by atoms with E-state index in [1.54, 1.807) is 48.5 Å². The van der Waals surface area contributed by atoms with Crippen molar-refractivity contribution in [2.75, 3.05) is 12.4 Å². The number of benzene rings is 3. The first-order chi connectivity index (χ1) is 17.4. The molecule has 6 N–H and O–H groups in total. The standard InChI is InChI=1S/C27H26N4O6/c1-27(2,26(36)37-3)31-23(32)16-10-13-19(21(14-16)25(34)35)18-6-4-5-7-20(18)24(33)30-17-11-8-15(9-12-17)22(28)29/h4-14H,1-3H3,(H3,28,29)(H,30,33)(H,31,32)(H,34,35). The Morgan fingerprint density at radius 1 is 0.865 bits per heavy atom. The van der Waals surface area contributed by atoms with Crippen molar-refractivity contribution < 1.29 is 29.0 Å². The first-order valence-electron chi connectivity index (χ1n) is 11.1. The Balaban J connectivity index is 1.96. The van der Waals surface area contributed by atoms with Crippen molar-refractivity contribution in [2.45, 2.75) is 19.4 Å². The lowest BCUT2D eigenvalue weighted by molar-refractivity contribution is -0.146. The zero-order valence-corrected chi connectivity index (χ0v) is 20.4. The normalized spacial score (nSPS) is 10.8. The molecule has 0 aliphatic carbocycles. The lowest BCUT2D eigenvalue weighted by atomic mass is 9.93. The third-order valence-corrected chi connectivity index (χ3v) is 5.55. The minimum atomic E-state index is -1.33. The monoisotopic (exact) mass is 502 g/mol. The van der Waals surface area contributed by atoms with E-state index in [0.29, 0.717) is 16.8 Å². The van der Waals surface area contributed by atoms with Gasteiger partial charge in [0.2, 0.25) is 0 Å². The predicted octanol–water partition coefficient (Wildman–Crippen LogP) is 3.27. The molecular weight excluding hydrogens is 476 g/mol.